The maximum Gasteiger partial charge on any atom is 0.222 e. The Morgan fingerprint density at radius 1 is 1.33 bits per heavy atom. The second-order valence-corrected chi connectivity index (χ2v) is 3.73. The number of nitrogens with zero attached hydrogens (tertiary/aromatic N) is 1. The second kappa shape index (κ2) is 13.4. The van der Waals surface area contributed by atoms with Crippen LogP contribution in [0.2, 0.25) is 0 Å². The van der Waals surface area contributed by atoms with E-state index in [1.54, 1.807) is 4.90 Å². The van der Waals surface area contributed by atoms with Crippen LogP contribution in [0.15, 0.2) is 0 Å². The lowest BCUT2D eigenvalue weighted by Crippen LogP contribution is -2.17. The lowest BCUT2D eigenvalue weighted by molar-refractivity contribution is -0.126. The molecule has 0 saturated carbocycles. The van der Waals surface area contributed by atoms with Gasteiger partial charge >= 0.3 is 0 Å². The second-order valence-electron chi connectivity index (χ2n) is 3.73. The molecule has 1 heterocycles. The molecule has 0 atom stereocenters. The Bertz CT molecular complexity index is 136. The van der Waals surface area contributed by atoms with E-state index in [2.05, 4.69) is 26.1 Å². The smallest absolute Gasteiger partial charge is 0.222 e. The Balaban J connectivity index is 0. The fourth-order valence-corrected chi connectivity index (χ4v) is 1.03. The van der Waals surface area contributed by atoms with Crippen LogP contribution in [-0.4, -0.2) is 38.0 Å². The van der Waals surface area contributed by atoms with Crippen LogP contribution in [0.4, 0.5) is 0 Å². The molecule has 1 N–H and O–H groups in total. The summed E-state index contributed by atoms with van der Waals surface area (Å²) in [6.07, 6.45) is 4.29. The molecule has 0 bridgehead atoms. The molecule has 3 nitrogen and oxygen atoms in total. The largest absolute Gasteiger partial charge is 0.346 e. The minimum absolute atomic E-state index is 0.292. The minimum atomic E-state index is 0.292. The molecule has 1 aliphatic heterocycles. The Kier molecular flexibility index (Phi) is 15.1. The normalized spacial score (nSPS) is 13.9. The number of rotatable bonds is 2. The number of likely N-dealkylation sites (tertiary alicyclic amines) is 1. The van der Waals surface area contributed by atoms with E-state index in [1.807, 2.05) is 14.1 Å². The van der Waals surface area contributed by atoms with Gasteiger partial charge in [-0.25, -0.2) is 0 Å². The monoisotopic (exact) mass is 216 g/mol. The zero-order valence-corrected chi connectivity index (χ0v) is 11.1. The van der Waals surface area contributed by atoms with Crippen molar-refractivity contribution < 1.29 is 4.79 Å². The van der Waals surface area contributed by atoms with Crippen LogP contribution < -0.4 is 5.32 Å². The summed E-state index contributed by atoms with van der Waals surface area (Å²) in [4.78, 5) is 12.3. The number of amides is 1. The summed E-state index contributed by atoms with van der Waals surface area (Å²) in [5, 5.41) is 3.02. The van der Waals surface area contributed by atoms with Gasteiger partial charge in [0.2, 0.25) is 5.91 Å². The molecule has 1 saturated heterocycles. The topological polar surface area (TPSA) is 32.3 Å². The Morgan fingerprint density at radius 3 is 1.93 bits per heavy atom. The van der Waals surface area contributed by atoms with Crippen molar-refractivity contribution in [2.45, 2.75) is 46.5 Å². The van der Waals surface area contributed by atoms with Gasteiger partial charge in [-0.2, -0.15) is 0 Å². The van der Waals surface area contributed by atoms with E-state index >= 15 is 0 Å². The average molecular weight is 216 g/mol. The zero-order valence-electron chi connectivity index (χ0n) is 11.1. The molecule has 0 spiro atoms. The van der Waals surface area contributed by atoms with E-state index in [0.717, 1.165) is 25.9 Å². The standard InChI is InChI=1S/C5H9NO.C4H11N.C3H8/c1-6-4-2-3-5(6)7;1-3-4-5-2;1-3-2/h2-4H2,1H3;5H,3-4H2,1-2H3;3H2,1-2H3. The summed E-state index contributed by atoms with van der Waals surface area (Å²) in [6.45, 7) is 8.50. The van der Waals surface area contributed by atoms with Gasteiger partial charge < -0.3 is 10.2 Å². The van der Waals surface area contributed by atoms with Crippen LogP contribution in [0.5, 0.6) is 0 Å². The lowest BCUT2D eigenvalue weighted by atomic mass is 10.4. The van der Waals surface area contributed by atoms with Crippen LogP contribution >= 0.6 is 0 Å². The van der Waals surface area contributed by atoms with Crippen LogP contribution in [0.25, 0.3) is 0 Å². The molecule has 15 heavy (non-hydrogen) atoms. The fraction of sp³-hybridized carbons (Fsp3) is 0.917. The average Bonchev–Trinajstić information content (AvgIpc) is 2.55. The van der Waals surface area contributed by atoms with E-state index in [0.29, 0.717) is 5.91 Å². The van der Waals surface area contributed by atoms with Crippen molar-refractivity contribution in [3.8, 4) is 0 Å². The molecule has 0 unspecified atom stereocenters. The van der Waals surface area contributed by atoms with E-state index < -0.39 is 0 Å². The minimum Gasteiger partial charge on any atom is -0.346 e. The molecule has 0 aliphatic carbocycles. The van der Waals surface area contributed by atoms with Crippen LogP contribution in [-0.2, 0) is 4.79 Å². The number of carbonyl (C=O) groups excluding carboxylic acids is 1. The third-order valence-electron chi connectivity index (χ3n) is 1.81. The fourth-order valence-electron chi connectivity index (χ4n) is 1.03. The van der Waals surface area contributed by atoms with Gasteiger partial charge in [0, 0.05) is 20.0 Å². The SMILES string of the molecule is CCC.CCCNC.CN1CCCC1=O. The quantitative estimate of drug-likeness (QED) is 0.768. The van der Waals surface area contributed by atoms with Crippen molar-refractivity contribution >= 4 is 5.91 Å². The summed E-state index contributed by atoms with van der Waals surface area (Å²) in [5.74, 6) is 0.292. The van der Waals surface area contributed by atoms with E-state index in [1.165, 1.54) is 12.8 Å². The van der Waals surface area contributed by atoms with Crippen molar-refractivity contribution in [3.05, 3.63) is 0 Å². The van der Waals surface area contributed by atoms with Crippen molar-refractivity contribution in [2.75, 3.05) is 27.2 Å². The molecule has 0 radical (unpaired) electrons. The molecular formula is C12H28N2O. The van der Waals surface area contributed by atoms with Crippen molar-refractivity contribution in [1.29, 1.82) is 0 Å². The highest BCUT2D eigenvalue weighted by atomic mass is 16.2. The summed E-state index contributed by atoms with van der Waals surface area (Å²) < 4.78 is 0. The van der Waals surface area contributed by atoms with Crippen LogP contribution in [0.1, 0.15) is 46.5 Å². The number of carbonyl (C=O) groups is 1. The highest BCUT2D eigenvalue weighted by Crippen LogP contribution is 2.04. The predicted octanol–water partition coefficient (Wildman–Crippen LogP) is 2.27. The molecule has 3 heteroatoms. The molecule has 92 valence electrons. The molecule has 1 fully saturated rings. The van der Waals surface area contributed by atoms with Gasteiger partial charge in [0.25, 0.3) is 0 Å². The highest BCUT2D eigenvalue weighted by Gasteiger charge is 2.14. The third kappa shape index (κ3) is 13.4. The first-order chi connectivity index (χ1) is 7.13. The Labute approximate surface area is 95.2 Å². The molecule has 0 aromatic carbocycles. The van der Waals surface area contributed by atoms with Crippen LogP contribution in [0, 0.1) is 0 Å². The first-order valence-electron chi connectivity index (χ1n) is 6.02. The predicted molar refractivity (Wildman–Crippen MR) is 67.1 cm³/mol. The number of hydrogen-bond acceptors (Lipinski definition) is 2. The number of nitrogens with one attached hydrogen (secondary N) is 1. The van der Waals surface area contributed by atoms with Gasteiger partial charge in [-0.05, 0) is 26.4 Å². The molecule has 0 aromatic rings. The van der Waals surface area contributed by atoms with E-state index in [-0.39, 0.29) is 0 Å². The molecule has 0 aromatic heterocycles. The Morgan fingerprint density at radius 2 is 1.87 bits per heavy atom. The maximum atomic E-state index is 10.5. The first kappa shape index (κ1) is 16.8. The summed E-state index contributed by atoms with van der Waals surface area (Å²) >= 11 is 0. The van der Waals surface area contributed by atoms with Crippen molar-refractivity contribution in [3.63, 3.8) is 0 Å². The first-order valence-corrected chi connectivity index (χ1v) is 6.02. The maximum absolute atomic E-state index is 10.5. The molecular weight excluding hydrogens is 188 g/mol. The van der Waals surface area contributed by atoms with Gasteiger partial charge in [-0.15, -0.1) is 0 Å². The van der Waals surface area contributed by atoms with Crippen molar-refractivity contribution in [2.24, 2.45) is 0 Å². The zero-order chi connectivity index (χ0) is 12.1. The van der Waals surface area contributed by atoms with Gasteiger partial charge in [0.05, 0.1) is 0 Å². The molecule has 1 amide bonds. The lowest BCUT2D eigenvalue weighted by Gasteiger charge is -2.03. The van der Waals surface area contributed by atoms with Gasteiger partial charge in [0.1, 0.15) is 0 Å². The Hall–Kier alpha value is -0.570. The number of hydrogen-bond donors (Lipinski definition) is 1. The summed E-state index contributed by atoms with van der Waals surface area (Å²) in [5.41, 5.74) is 0. The van der Waals surface area contributed by atoms with E-state index in [4.69, 9.17) is 0 Å². The highest BCUT2D eigenvalue weighted by molar-refractivity contribution is 5.77. The van der Waals surface area contributed by atoms with Crippen molar-refractivity contribution in [1.82, 2.24) is 10.2 Å². The van der Waals surface area contributed by atoms with Crippen LogP contribution in [0.3, 0.4) is 0 Å². The van der Waals surface area contributed by atoms with Gasteiger partial charge in [-0.1, -0.05) is 27.2 Å². The van der Waals surface area contributed by atoms with E-state index in [9.17, 15) is 4.79 Å². The molecule has 1 rings (SSSR count). The summed E-state index contributed by atoms with van der Waals surface area (Å²) in [7, 11) is 3.80. The van der Waals surface area contributed by atoms with Gasteiger partial charge in [-0.3, -0.25) is 4.79 Å². The summed E-state index contributed by atoms with van der Waals surface area (Å²) in [6, 6.07) is 0. The third-order valence-corrected chi connectivity index (χ3v) is 1.81. The van der Waals surface area contributed by atoms with Gasteiger partial charge in [0.15, 0.2) is 0 Å². The molecule has 1 aliphatic rings.